The van der Waals surface area contributed by atoms with Crippen molar-refractivity contribution in [3.8, 4) is 5.69 Å². The van der Waals surface area contributed by atoms with Gasteiger partial charge in [-0.25, -0.2) is 4.68 Å². The fourth-order valence-corrected chi connectivity index (χ4v) is 3.62. The highest BCUT2D eigenvalue weighted by atomic mass is 16.2. The Morgan fingerprint density at radius 3 is 2.90 bits per heavy atom. The highest BCUT2D eigenvalue weighted by Gasteiger charge is 2.17. The highest BCUT2D eigenvalue weighted by molar-refractivity contribution is 6.04. The molecule has 1 aliphatic heterocycles. The normalized spacial score (nSPS) is 14.3. The van der Waals surface area contributed by atoms with Crippen LogP contribution in [0.25, 0.3) is 16.6 Å². The standard InChI is InChI=1S/C21H21N7O/c29-21(25-19-14-23-6-4-20(19)27-11-8-22-9-12-27)18-5-10-28(26-18)16-1-2-17-15(13-16)3-7-24-17/h1-7,10,13-14,22,24H,8-9,11-12H2,(H,25,29). The number of anilines is 2. The van der Waals surface area contributed by atoms with Crippen LogP contribution in [-0.4, -0.2) is 51.8 Å². The number of pyridine rings is 1. The molecule has 0 bridgehead atoms. The molecule has 0 saturated carbocycles. The van der Waals surface area contributed by atoms with Crippen molar-refractivity contribution in [1.82, 2.24) is 25.1 Å². The van der Waals surface area contributed by atoms with Crippen LogP contribution in [0, 0.1) is 0 Å². The van der Waals surface area contributed by atoms with Crippen molar-refractivity contribution in [3.63, 3.8) is 0 Å². The predicted molar refractivity (Wildman–Crippen MR) is 113 cm³/mol. The van der Waals surface area contributed by atoms with Crippen molar-refractivity contribution < 1.29 is 4.79 Å². The molecule has 4 heterocycles. The van der Waals surface area contributed by atoms with E-state index in [4.69, 9.17) is 0 Å². The Labute approximate surface area is 167 Å². The van der Waals surface area contributed by atoms with Crippen molar-refractivity contribution in [2.45, 2.75) is 0 Å². The second-order valence-electron chi connectivity index (χ2n) is 6.98. The zero-order valence-electron chi connectivity index (χ0n) is 15.8. The molecule has 146 valence electrons. The second-order valence-corrected chi connectivity index (χ2v) is 6.98. The summed E-state index contributed by atoms with van der Waals surface area (Å²) < 4.78 is 1.71. The van der Waals surface area contributed by atoms with E-state index in [0.717, 1.165) is 48.5 Å². The van der Waals surface area contributed by atoms with Crippen molar-refractivity contribution in [2.75, 3.05) is 36.4 Å². The van der Waals surface area contributed by atoms with Gasteiger partial charge < -0.3 is 20.5 Å². The van der Waals surface area contributed by atoms with Crippen molar-refractivity contribution in [2.24, 2.45) is 0 Å². The number of nitrogens with one attached hydrogen (secondary N) is 3. The molecule has 5 rings (SSSR count). The summed E-state index contributed by atoms with van der Waals surface area (Å²) in [4.78, 5) is 22.4. The van der Waals surface area contributed by atoms with Crippen LogP contribution in [0.5, 0.6) is 0 Å². The van der Waals surface area contributed by atoms with Crippen LogP contribution in [0.15, 0.2) is 61.2 Å². The van der Waals surface area contributed by atoms with Gasteiger partial charge in [-0.15, -0.1) is 0 Å². The maximum atomic E-state index is 12.8. The average Bonchev–Trinajstić information content (AvgIpc) is 3.44. The Bertz CT molecular complexity index is 1160. The summed E-state index contributed by atoms with van der Waals surface area (Å²) >= 11 is 0. The molecule has 3 N–H and O–H groups in total. The van der Waals surface area contributed by atoms with E-state index in [0.29, 0.717) is 11.4 Å². The molecule has 0 unspecified atom stereocenters. The molecule has 1 amide bonds. The van der Waals surface area contributed by atoms with Gasteiger partial charge in [-0.05, 0) is 36.4 Å². The maximum absolute atomic E-state index is 12.8. The lowest BCUT2D eigenvalue weighted by Gasteiger charge is -2.30. The number of benzene rings is 1. The molecule has 0 atom stereocenters. The number of rotatable bonds is 4. The number of carbonyl (C=O) groups excluding carboxylic acids is 1. The Morgan fingerprint density at radius 2 is 2.00 bits per heavy atom. The topological polar surface area (TPSA) is 90.9 Å². The predicted octanol–water partition coefficient (Wildman–Crippen LogP) is 2.41. The molecule has 4 aromatic rings. The fraction of sp³-hybridized carbons (Fsp3) is 0.190. The lowest BCUT2D eigenvalue weighted by Crippen LogP contribution is -2.43. The van der Waals surface area contributed by atoms with Crippen LogP contribution in [0.4, 0.5) is 11.4 Å². The highest BCUT2D eigenvalue weighted by Crippen LogP contribution is 2.25. The minimum absolute atomic E-state index is 0.254. The van der Waals surface area contributed by atoms with E-state index in [9.17, 15) is 4.79 Å². The Morgan fingerprint density at radius 1 is 1.10 bits per heavy atom. The molecule has 1 saturated heterocycles. The lowest BCUT2D eigenvalue weighted by molar-refractivity contribution is 0.102. The number of nitrogens with zero attached hydrogens (tertiary/aromatic N) is 4. The van der Waals surface area contributed by atoms with Gasteiger partial charge in [0, 0.05) is 55.7 Å². The summed E-state index contributed by atoms with van der Waals surface area (Å²) in [5, 5.41) is 11.9. The molecule has 8 heteroatoms. The van der Waals surface area contributed by atoms with Gasteiger partial charge in [0.1, 0.15) is 0 Å². The summed E-state index contributed by atoms with van der Waals surface area (Å²) in [5.41, 5.74) is 4.00. The SMILES string of the molecule is O=C(Nc1cnccc1N1CCNCC1)c1ccn(-c2ccc3[nH]ccc3c2)n1. The minimum atomic E-state index is -0.254. The van der Waals surface area contributed by atoms with E-state index in [2.05, 4.69) is 30.6 Å². The number of hydrogen-bond acceptors (Lipinski definition) is 5. The van der Waals surface area contributed by atoms with Crippen LogP contribution in [0.2, 0.25) is 0 Å². The Balaban J connectivity index is 1.37. The van der Waals surface area contributed by atoms with Crippen molar-refractivity contribution >= 4 is 28.2 Å². The molecule has 3 aromatic heterocycles. The third kappa shape index (κ3) is 3.45. The molecule has 29 heavy (non-hydrogen) atoms. The van der Waals surface area contributed by atoms with Gasteiger partial charge in [-0.1, -0.05) is 0 Å². The molecule has 0 spiro atoms. The van der Waals surface area contributed by atoms with Crippen LogP contribution in [0.3, 0.4) is 0 Å². The van der Waals surface area contributed by atoms with Gasteiger partial charge in [-0.2, -0.15) is 5.10 Å². The molecular weight excluding hydrogens is 366 g/mol. The summed E-state index contributed by atoms with van der Waals surface area (Å²) in [6.07, 6.45) is 7.13. The van der Waals surface area contributed by atoms with E-state index in [1.165, 1.54) is 0 Å². The van der Waals surface area contributed by atoms with E-state index < -0.39 is 0 Å². The summed E-state index contributed by atoms with van der Waals surface area (Å²) in [6, 6.07) is 11.7. The fourth-order valence-electron chi connectivity index (χ4n) is 3.62. The first-order chi connectivity index (χ1) is 14.3. The molecule has 1 fully saturated rings. The number of amides is 1. The van der Waals surface area contributed by atoms with E-state index >= 15 is 0 Å². The number of aromatic amines is 1. The maximum Gasteiger partial charge on any atom is 0.276 e. The third-order valence-electron chi connectivity index (χ3n) is 5.13. The van der Waals surface area contributed by atoms with Gasteiger partial charge >= 0.3 is 0 Å². The van der Waals surface area contributed by atoms with E-state index in [1.54, 1.807) is 29.3 Å². The monoisotopic (exact) mass is 387 g/mol. The largest absolute Gasteiger partial charge is 0.367 e. The zero-order chi connectivity index (χ0) is 19.6. The molecule has 1 aromatic carbocycles. The van der Waals surface area contributed by atoms with E-state index in [-0.39, 0.29) is 5.91 Å². The van der Waals surface area contributed by atoms with Gasteiger partial charge in [0.2, 0.25) is 0 Å². The van der Waals surface area contributed by atoms with Gasteiger partial charge in [0.05, 0.1) is 23.3 Å². The number of carbonyl (C=O) groups is 1. The van der Waals surface area contributed by atoms with Crippen molar-refractivity contribution in [3.05, 3.63) is 66.9 Å². The molecule has 1 aliphatic rings. The Hall–Kier alpha value is -3.65. The van der Waals surface area contributed by atoms with Crippen LogP contribution in [0.1, 0.15) is 10.5 Å². The first-order valence-corrected chi connectivity index (χ1v) is 9.62. The first-order valence-electron chi connectivity index (χ1n) is 9.62. The zero-order valence-corrected chi connectivity index (χ0v) is 15.8. The van der Waals surface area contributed by atoms with Crippen LogP contribution >= 0.6 is 0 Å². The molecule has 0 aliphatic carbocycles. The summed E-state index contributed by atoms with van der Waals surface area (Å²) in [7, 11) is 0. The molecule has 8 nitrogen and oxygen atoms in total. The second kappa shape index (κ2) is 7.40. The summed E-state index contributed by atoms with van der Waals surface area (Å²) in [6.45, 7) is 3.63. The number of aromatic nitrogens is 4. The molecule has 0 radical (unpaired) electrons. The average molecular weight is 387 g/mol. The van der Waals surface area contributed by atoms with Crippen LogP contribution < -0.4 is 15.5 Å². The number of piperazine rings is 1. The van der Waals surface area contributed by atoms with Crippen LogP contribution in [-0.2, 0) is 0 Å². The van der Waals surface area contributed by atoms with Crippen molar-refractivity contribution in [1.29, 1.82) is 0 Å². The number of fused-ring (bicyclic) bond motifs is 1. The lowest BCUT2D eigenvalue weighted by atomic mass is 10.2. The number of hydrogen-bond donors (Lipinski definition) is 3. The van der Waals surface area contributed by atoms with Gasteiger partial charge in [-0.3, -0.25) is 9.78 Å². The van der Waals surface area contributed by atoms with Gasteiger partial charge in [0.25, 0.3) is 5.91 Å². The molecular formula is C21H21N7O. The smallest absolute Gasteiger partial charge is 0.276 e. The summed E-state index contributed by atoms with van der Waals surface area (Å²) in [5.74, 6) is -0.254. The third-order valence-corrected chi connectivity index (χ3v) is 5.13. The minimum Gasteiger partial charge on any atom is -0.367 e. The Kier molecular flexibility index (Phi) is 4.45. The number of H-pyrrole nitrogens is 1. The van der Waals surface area contributed by atoms with Gasteiger partial charge in [0.15, 0.2) is 5.69 Å². The quantitative estimate of drug-likeness (QED) is 0.500. The van der Waals surface area contributed by atoms with E-state index in [1.807, 2.05) is 36.5 Å². The first kappa shape index (κ1) is 17.4.